The summed E-state index contributed by atoms with van der Waals surface area (Å²) in [6.07, 6.45) is -1.54. The third kappa shape index (κ3) is 4.22. The summed E-state index contributed by atoms with van der Waals surface area (Å²) < 4.78 is 37.4. The lowest BCUT2D eigenvalue weighted by atomic mass is 10.2. The van der Waals surface area contributed by atoms with Crippen molar-refractivity contribution in [3.05, 3.63) is 12.4 Å². The van der Waals surface area contributed by atoms with Gasteiger partial charge in [0.1, 0.15) is 6.54 Å². The molecular formula is C9H14F3N3. The van der Waals surface area contributed by atoms with Gasteiger partial charge in [0.15, 0.2) is 0 Å². The summed E-state index contributed by atoms with van der Waals surface area (Å²) in [5.41, 5.74) is 0. The van der Waals surface area contributed by atoms with Crippen LogP contribution in [0.3, 0.4) is 0 Å². The SMILES string of the molecule is CC(C)CNc1nccn1CC(F)(F)F. The van der Waals surface area contributed by atoms with E-state index >= 15 is 0 Å². The number of anilines is 1. The van der Waals surface area contributed by atoms with Gasteiger partial charge in [-0.2, -0.15) is 13.2 Å². The zero-order valence-corrected chi connectivity index (χ0v) is 8.67. The summed E-state index contributed by atoms with van der Waals surface area (Å²) in [4.78, 5) is 3.82. The Morgan fingerprint density at radius 3 is 2.67 bits per heavy atom. The van der Waals surface area contributed by atoms with Gasteiger partial charge in [0, 0.05) is 18.9 Å². The second-order valence-corrected chi connectivity index (χ2v) is 3.77. The van der Waals surface area contributed by atoms with Crippen molar-refractivity contribution >= 4 is 5.95 Å². The summed E-state index contributed by atoms with van der Waals surface area (Å²) >= 11 is 0. The van der Waals surface area contributed by atoms with E-state index in [9.17, 15) is 13.2 Å². The maximum atomic E-state index is 12.1. The molecule has 0 saturated heterocycles. The number of nitrogens with one attached hydrogen (secondary N) is 1. The Bertz CT molecular complexity index is 304. The van der Waals surface area contributed by atoms with Crippen LogP contribution >= 0.6 is 0 Å². The number of hydrogen-bond donors (Lipinski definition) is 1. The summed E-state index contributed by atoms with van der Waals surface area (Å²) in [5, 5.41) is 2.87. The molecule has 0 unspecified atom stereocenters. The van der Waals surface area contributed by atoms with Gasteiger partial charge in [-0.25, -0.2) is 4.98 Å². The minimum atomic E-state index is -4.21. The monoisotopic (exact) mass is 221 g/mol. The van der Waals surface area contributed by atoms with E-state index in [2.05, 4.69) is 10.3 Å². The molecule has 0 bridgehead atoms. The first kappa shape index (κ1) is 11.9. The van der Waals surface area contributed by atoms with E-state index in [1.54, 1.807) is 0 Å². The smallest absolute Gasteiger partial charge is 0.355 e. The molecule has 0 aromatic carbocycles. The van der Waals surface area contributed by atoms with Crippen molar-refractivity contribution < 1.29 is 13.2 Å². The molecule has 0 fully saturated rings. The van der Waals surface area contributed by atoms with Crippen molar-refractivity contribution in [2.24, 2.45) is 5.92 Å². The number of rotatable bonds is 4. The molecule has 0 amide bonds. The van der Waals surface area contributed by atoms with Gasteiger partial charge in [-0.05, 0) is 5.92 Å². The number of nitrogens with zero attached hydrogens (tertiary/aromatic N) is 2. The number of alkyl halides is 3. The van der Waals surface area contributed by atoms with Gasteiger partial charge in [0.25, 0.3) is 0 Å². The highest BCUT2D eigenvalue weighted by Crippen LogP contribution is 2.19. The predicted octanol–water partition coefficient (Wildman–Crippen LogP) is 2.51. The Labute approximate surface area is 86.3 Å². The number of hydrogen-bond acceptors (Lipinski definition) is 2. The molecule has 0 aliphatic rings. The molecular weight excluding hydrogens is 207 g/mol. The summed E-state index contributed by atoms with van der Waals surface area (Å²) in [7, 11) is 0. The van der Waals surface area contributed by atoms with E-state index in [1.165, 1.54) is 12.4 Å². The van der Waals surface area contributed by atoms with E-state index < -0.39 is 12.7 Å². The van der Waals surface area contributed by atoms with Crippen LogP contribution in [0.1, 0.15) is 13.8 Å². The van der Waals surface area contributed by atoms with Crippen molar-refractivity contribution in [1.82, 2.24) is 9.55 Å². The fourth-order valence-electron chi connectivity index (χ4n) is 1.09. The fraction of sp³-hybridized carbons (Fsp3) is 0.667. The Kier molecular flexibility index (Phi) is 3.60. The Morgan fingerprint density at radius 2 is 2.13 bits per heavy atom. The van der Waals surface area contributed by atoms with E-state index in [0.717, 1.165) is 4.57 Å². The maximum absolute atomic E-state index is 12.1. The molecule has 86 valence electrons. The highest BCUT2D eigenvalue weighted by Gasteiger charge is 2.28. The first-order valence-electron chi connectivity index (χ1n) is 4.70. The lowest BCUT2D eigenvalue weighted by Gasteiger charge is -2.12. The first-order chi connectivity index (χ1) is 6.88. The zero-order valence-electron chi connectivity index (χ0n) is 8.67. The maximum Gasteiger partial charge on any atom is 0.406 e. The molecule has 1 heterocycles. The highest BCUT2D eigenvalue weighted by atomic mass is 19.4. The van der Waals surface area contributed by atoms with Crippen molar-refractivity contribution in [3.8, 4) is 0 Å². The van der Waals surface area contributed by atoms with Gasteiger partial charge < -0.3 is 9.88 Å². The van der Waals surface area contributed by atoms with Crippen LogP contribution in [0.4, 0.5) is 19.1 Å². The van der Waals surface area contributed by atoms with Crippen molar-refractivity contribution in [3.63, 3.8) is 0 Å². The molecule has 0 saturated carbocycles. The van der Waals surface area contributed by atoms with Gasteiger partial charge in [0.05, 0.1) is 0 Å². The lowest BCUT2D eigenvalue weighted by molar-refractivity contribution is -0.140. The summed E-state index contributed by atoms with van der Waals surface area (Å²) in [6, 6.07) is 0. The highest BCUT2D eigenvalue weighted by molar-refractivity contribution is 5.25. The first-order valence-corrected chi connectivity index (χ1v) is 4.70. The molecule has 1 aromatic heterocycles. The second kappa shape index (κ2) is 4.55. The molecule has 0 radical (unpaired) electrons. The average molecular weight is 221 g/mol. The number of aromatic nitrogens is 2. The second-order valence-electron chi connectivity index (χ2n) is 3.77. The number of imidazole rings is 1. The normalized spacial score (nSPS) is 12.1. The van der Waals surface area contributed by atoms with Crippen LogP contribution in [0, 0.1) is 5.92 Å². The van der Waals surface area contributed by atoms with Crippen LogP contribution in [0.15, 0.2) is 12.4 Å². The molecule has 1 N–H and O–H groups in total. The standard InChI is InChI=1S/C9H14F3N3/c1-7(2)5-14-8-13-3-4-15(8)6-9(10,11)12/h3-4,7H,5-6H2,1-2H3,(H,13,14). The van der Waals surface area contributed by atoms with Crippen LogP contribution in [0.2, 0.25) is 0 Å². The van der Waals surface area contributed by atoms with Gasteiger partial charge in [-0.1, -0.05) is 13.8 Å². The number of halogens is 3. The van der Waals surface area contributed by atoms with Crippen LogP contribution in [-0.4, -0.2) is 22.3 Å². The van der Waals surface area contributed by atoms with Gasteiger partial charge >= 0.3 is 6.18 Å². The molecule has 3 nitrogen and oxygen atoms in total. The van der Waals surface area contributed by atoms with Crippen LogP contribution in [0.25, 0.3) is 0 Å². The third-order valence-electron chi connectivity index (χ3n) is 1.73. The minimum Gasteiger partial charge on any atom is -0.355 e. The molecule has 15 heavy (non-hydrogen) atoms. The Balaban J connectivity index is 2.61. The van der Waals surface area contributed by atoms with E-state index in [0.29, 0.717) is 12.5 Å². The van der Waals surface area contributed by atoms with E-state index in [1.807, 2.05) is 13.8 Å². The molecule has 1 aromatic rings. The predicted molar refractivity (Wildman–Crippen MR) is 51.6 cm³/mol. The largest absolute Gasteiger partial charge is 0.406 e. The Morgan fingerprint density at radius 1 is 1.47 bits per heavy atom. The zero-order chi connectivity index (χ0) is 11.5. The lowest BCUT2D eigenvalue weighted by Crippen LogP contribution is -2.20. The minimum absolute atomic E-state index is 0.265. The van der Waals surface area contributed by atoms with E-state index in [4.69, 9.17) is 0 Å². The summed E-state index contributed by atoms with van der Waals surface area (Å²) in [5.74, 6) is 0.627. The molecule has 0 aliphatic carbocycles. The van der Waals surface area contributed by atoms with Crippen LogP contribution in [-0.2, 0) is 6.54 Å². The van der Waals surface area contributed by atoms with Gasteiger partial charge in [-0.3, -0.25) is 0 Å². The molecule has 6 heteroatoms. The fourth-order valence-corrected chi connectivity index (χ4v) is 1.09. The third-order valence-corrected chi connectivity index (χ3v) is 1.73. The molecule has 0 aliphatic heterocycles. The molecule has 0 spiro atoms. The quantitative estimate of drug-likeness (QED) is 0.846. The average Bonchev–Trinajstić information content (AvgIpc) is 2.45. The topological polar surface area (TPSA) is 29.9 Å². The van der Waals surface area contributed by atoms with Crippen molar-refractivity contribution in [2.75, 3.05) is 11.9 Å². The molecule has 1 rings (SSSR count). The molecule has 0 atom stereocenters. The van der Waals surface area contributed by atoms with Crippen molar-refractivity contribution in [1.29, 1.82) is 0 Å². The van der Waals surface area contributed by atoms with Crippen LogP contribution < -0.4 is 5.32 Å². The van der Waals surface area contributed by atoms with Crippen LogP contribution in [0.5, 0.6) is 0 Å². The van der Waals surface area contributed by atoms with Gasteiger partial charge in [-0.15, -0.1) is 0 Å². The van der Waals surface area contributed by atoms with Gasteiger partial charge in [0.2, 0.25) is 5.95 Å². The van der Waals surface area contributed by atoms with Crippen molar-refractivity contribution in [2.45, 2.75) is 26.6 Å². The Hall–Kier alpha value is -1.20. The summed E-state index contributed by atoms with van der Waals surface area (Å²) in [6.45, 7) is 3.55. The van der Waals surface area contributed by atoms with E-state index in [-0.39, 0.29) is 5.95 Å².